The quantitative estimate of drug-likeness (QED) is 0.730. The maximum absolute atomic E-state index is 12.2. The topological polar surface area (TPSA) is 93.7 Å². The van der Waals surface area contributed by atoms with E-state index in [2.05, 4.69) is 10.6 Å². The Morgan fingerprint density at radius 2 is 1.70 bits per heavy atom. The van der Waals surface area contributed by atoms with Crippen molar-refractivity contribution in [1.82, 2.24) is 10.6 Å². The highest BCUT2D eigenvalue weighted by Gasteiger charge is 2.21. The molecule has 27 heavy (non-hydrogen) atoms. The summed E-state index contributed by atoms with van der Waals surface area (Å²) < 4.78 is 10.1. The van der Waals surface area contributed by atoms with Gasteiger partial charge in [0.15, 0.2) is 6.10 Å². The van der Waals surface area contributed by atoms with Gasteiger partial charge in [-0.25, -0.2) is 9.59 Å². The number of carbonyl (C=O) groups excluding carboxylic acids is 3. The first kappa shape index (κ1) is 20.1. The molecule has 0 bridgehead atoms. The number of urea groups is 1. The van der Waals surface area contributed by atoms with Gasteiger partial charge in [0, 0.05) is 13.7 Å². The van der Waals surface area contributed by atoms with Crippen LogP contribution in [0, 0.1) is 0 Å². The van der Waals surface area contributed by atoms with Gasteiger partial charge in [-0.05, 0) is 30.2 Å². The Hall–Kier alpha value is -3.19. The van der Waals surface area contributed by atoms with Crippen molar-refractivity contribution < 1.29 is 23.9 Å². The maximum atomic E-state index is 12.2. The Labute approximate surface area is 157 Å². The van der Waals surface area contributed by atoms with Crippen LogP contribution in [0.4, 0.5) is 4.79 Å². The van der Waals surface area contributed by atoms with Crippen molar-refractivity contribution >= 4 is 17.9 Å². The van der Waals surface area contributed by atoms with Crippen LogP contribution in [-0.4, -0.2) is 31.1 Å². The van der Waals surface area contributed by atoms with Crippen LogP contribution in [-0.2, 0) is 27.4 Å². The molecule has 0 saturated carbocycles. The fourth-order valence-electron chi connectivity index (χ4n) is 2.27. The van der Waals surface area contributed by atoms with Crippen molar-refractivity contribution in [3.63, 3.8) is 0 Å². The molecule has 0 saturated heterocycles. The Morgan fingerprint density at radius 3 is 2.41 bits per heavy atom. The summed E-state index contributed by atoms with van der Waals surface area (Å²) in [7, 11) is 1.56. The second-order valence-corrected chi connectivity index (χ2v) is 5.84. The molecule has 0 spiro atoms. The Bertz CT molecular complexity index is 792. The zero-order valence-electron chi connectivity index (χ0n) is 15.2. The van der Waals surface area contributed by atoms with E-state index in [0.717, 1.165) is 11.1 Å². The third-order valence-electron chi connectivity index (χ3n) is 3.66. The number of methoxy groups -OCH3 is 1. The number of amides is 3. The van der Waals surface area contributed by atoms with E-state index in [9.17, 15) is 14.4 Å². The van der Waals surface area contributed by atoms with Gasteiger partial charge < -0.3 is 14.8 Å². The summed E-state index contributed by atoms with van der Waals surface area (Å²) >= 11 is 0. The average molecular weight is 370 g/mol. The highest BCUT2D eigenvalue weighted by Crippen LogP contribution is 2.09. The monoisotopic (exact) mass is 370 g/mol. The van der Waals surface area contributed by atoms with E-state index < -0.39 is 24.0 Å². The minimum Gasteiger partial charge on any atom is -0.449 e. The lowest BCUT2D eigenvalue weighted by Gasteiger charge is -2.14. The summed E-state index contributed by atoms with van der Waals surface area (Å²) in [5.41, 5.74) is 2.01. The van der Waals surface area contributed by atoms with Gasteiger partial charge in [0.2, 0.25) is 0 Å². The van der Waals surface area contributed by atoms with Gasteiger partial charge in [-0.1, -0.05) is 42.5 Å². The van der Waals surface area contributed by atoms with Crippen LogP contribution in [0.3, 0.4) is 0 Å². The van der Waals surface area contributed by atoms with E-state index in [1.54, 1.807) is 25.3 Å². The zero-order chi connectivity index (χ0) is 19.6. The lowest BCUT2D eigenvalue weighted by atomic mass is 10.1. The highest BCUT2D eigenvalue weighted by atomic mass is 16.5. The number of hydrogen-bond donors (Lipinski definition) is 2. The van der Waals surface area contributed by atoms with Crippen LogP contribution in [0.5, 0.6) is 0 Å². The largest absolute Gasteiger partial charge is 0.449 e. The summed E-state index contributed by atoms with van der Waals surface area (Å²) in [4.78, 5) is 36.0. The molecule has 2 aromatic rings. The molecule has 0 aliphatic carbocycles. The third kappa shape index (κ3) is 6.56. The van der Waals surface area contributed by atoms with Crippen molar-refractivity contribution in [3.05, 3.63) is 71.3 Å². The van der Waals surface area contributed by atoms with Crippen molar-refractivity contribution in [2.75, 3.05) is 7.11 Å². The molecule has 2 aromatic carbocycles. The number of rotatable bonds is 7. The van der Waals surface area contributed by atoms with E-state index in [4.69, 9.17) is 9.47 Å². The Kier molecular flexibility index (Phi) is 7.51. The first-order valence-corrected chi connectivity index (χ1v) is 8.41. The van der Waals surface area contributed by atoms with E-state index in [-0.39, 0.29) is 6.54 Å². The molecule has 0 fully saturated rings. The van der Waals surface area contributed by atoms with E-state index >= 15 is 0 Å². The van der Waals surface area contributed by atoms with Crippen LogP contribution < -0.4 is 10.6 Å². The number of nitrogens with one attached hydrogen (secondary N) is 2. The van der Waals surface area contributed by atoms with Gasteiger partial charge in [-0.2, -0.15) is 0 Å². The summed E-state index contributed by atoms with van der Waals surface area (Å²) in [6.45, 7) is 2.04. The molecule has 0 heterocycles. The number of ether oxygens (including phenoxy) is 2. The number of hydrogen-bond acceptors (Lipinski definition) is 5. The molecule has 3 amide bonds. The summed E-state index contributed by atoms with van der Waals surface area (Å²) in [6.07, 6.45) is -1.12. The van der Waals surface area contributed by atoms with E-state index in [0.29, 0.717) is 12.2 Å². The van der Waals surface area contributed by atoms with Gasteiger partial charge in [-0.3, -0.25) is 10.1 Å². The highest BCUT2D eigenvalue weighted by molar-refractivity contribution is 5.98. The third-order valence-corrected chi connectivity index (χ3v) is 3.66. The Balaban J connectivity index is 1.82. The van der Waals surface area contributed by atoms with Crippen LogP contribution >= 0.6 is 0 Å². The number of imide groups is 1. The molecule has 2 rings (SSSR count). The lowest BCUT2D eigenvalue weighted by Crippen LogP contribution is -2.44. The number of esters is 1. The zero-order valence-corrected chi connectivity index (χ0v) is 15.2. The van der Waals surface area contributed by atoms with Crippen molar-refractivity contribution in [3.8, 4) is 0 Å². The smallest absolute Gasteiger partial charge is 0.338 e. The molecule has 2 N–H and O–H groups in total. The van der Waals surface area contributed by atoms with Crippen LogP contribution in [0.15, 0.2) is 54.6 Å². The number of carbonyl (C=O) groups is 3. The summed E-state index contributed by atoms with van der Waals surface area (Å²) in [6, 6.07) is 15.3. The molecule has 142 valence electrons. The molecular formula is C20H22N2O5. The van der Waals surface area contributed by atoms with Gasteiger partial charge in [0.05, 0.1) is 12.2 Å². The molecule has 0 aliphatic rings. The molecule has 7 nitrogen and oxygen atoms in total. The molecule has 1 atom stereocenters. The fraction of sp³-hybridized carbons (Fsp3) is 0.250. The molecule has 0 aromatic heterocycles. The molecule has 0 unspecified atom stereocenters. The predicted molar refractivity (Wildman–Crippen MR) is 98.9 cm³/mol. The first-order valence-electron chi connectivity index (χ1n) is 8.41. The summed E-state index contributed by atoms with van der Waals surface area (Å²) in [5.74, 6) is -1.36. The second-order valence-electron chi connectivity index (χ2n) is 5.84. The first-order chi connectivity index (χ1) is 13.0. The van der Waals surface area contributed by atoms with Crippen LogP contribution in [0.2, 0.25) is 0 Å². The van der Waals surface area contributed by atoms with Gasteiger partial charge >= 0.3 is 12.0 Å². The fourth-order valence-corrected chi connectivity index (χ4v) is 2.27. The van der Waals surface area contributed by atoms with E-state index in [1.165, 1.54) is 6.92 Å². The van der Waals surface area contributed by atoms with Crippen LogP contribution in [0.1, 0.15) is 28.4 Å². The lowest BCUT2D eigenvalue weighted by molar-refractivity contribution is -0.127. The SMILES string of the molecule is COCc1cccc(C(=O)O[C@@H](C)C(=O)NC(=O)NCc2ccccc2)c1. The minimum atomic E-state index is -1.12. The predicted octanol–water partition coefficient (Wildman–Crippen LogP) is 2.40. The van der Waals surface area contributed by atoms with Crippen molar-refractivity contribution in [2.45, 2.75) is 26.2 Å². The van der Waals surface area contributed by atoms with Gasteiger partial charge in [-0.15, -0.1) is 0 Å². The normalized spacial score (nSPS) is 11.3. The molecular weight excluding hydrogens is 348 g/mol. The minimum absolute atomic E-state index is 0.278. The maximum Gasteiger partial charge on any atom is 0.338 e. The Morgan fingerprint density at radius 1 is 1.00 bits per heavy atom. The molecule has 0 radical (unpaired) electrons. The van der Waals surface area contributed by atoms with Crippen molar-refractivity contribution in [1.29, 1.82) is 0 Å². The average Bonchev–Trinajstić information content (AvgIpc) is 2.67. The van der Waals surface area contributed by atoms with E-state index in [1.807, 2.05) is 36.4 Å². The summed E-state index contributed by atoms with van der Waals surface area (Å²) in [5, 5.41) is 4.72. The molecule has 7 heteroatoms. The van der Waals surface area contributed by atoms with Crippen molar-refractivity contribution in [2.24, 2.45) is 0 Å². The second kappa shape index (κ2) is 10.1. The molecule has 0 aliphatic heterocycles. The number of benzene rings is 2. The standard InChI is InChI=1S/C20H22N2O5/c1-14(27-19(24)17-10-6-9-16(11-17)13-26-2)18(23)22-20(25)21-12-15-7-4-3-5-8-15/h3-11,14H,12-13H2,1-2H3,(H2,21,22,23,25)/t14-/m0/s1. The van der Waals surface area contributed by atoms with Gasteiger partial charge in [0.1, 0.15) is 0 Å². The van der Waals surface area contributed by atoms with Crippen LogP contribution in [0.25, 0.3) is 0 Å². The van der Waals surface area contributed by atoms with Gasteiger partial charge in [0.25, 0.3) is 5.91 Å².